The fourth-order valence-electron chi connectivity index (χ4n) is 4.08. The Hall–Kier alpha value is -3.35. The van der Waals surface area contributed by atoms with Gasteiger partial charge in [-0.05, 0) is 41.8 Å². The Kier molecular flexibility index (Phi) is 5.67. The molecule has 0 saturated carbocycles. The van der Waals surface area contributed by atoms with E-state index in [1.54, 1.807) is 21.9 Å². The zero-order chi connectivity index (χ0) is 22.1. The average Bonchev–Trinajstić information content (AvgIpc) is 2.77. The van der Waals surface area contributed by atoms with Crippen LogP contribution in [0.4, 0.5) is 11.4 Å². The second-order valence-electron chi connectivity index (χ2n) is 8.50. The van der Waals surface area contributed by atoms with Crippen LogP contribution in [0.1, 0.15) is 46.0 Å². The molecule has 1 fully saturated rings. The SMILES string of the molecule is CC(C)c1ccc(C(=O)N2CCN(C(=O)c3ccc4c(c3)NC(=O)CN4C)CC2)cc1. The lowest BCUT2D eigenvalue weighted by molar-refractivity contribution is -0.115. The van der Waals surface area contributed by atoms with E-state index < -0.39 is 0 Å². The van der Waals surface area contributed by atoms with Crippen LogP contribution in [0.15, 0.2) is 42.5 Å². The van der Waals surface area contributed by atoms with Gasteiger partial charge in [0.15, 0.2) is 0 Å². The maximum Gasteiger partial charge on any atom is 0.254 e. The highest BCUT2D eigenvalue weighted by Crippen LogP contribution is 2.30. The summed E-state index contributed by atoms with van der Waals surface area (Å²) in [4.78, 5) is 43.1. The van der Waals surface area contributed by atoms with Crippen LogP contribution in [0.5, 0.6) is 0 Å². The third kappa shape index (κ3) is 4.26. The van der Waals surface area contributed by atoms with E-state index in [4.69, 9.17) is 0 Å². The van der Waals surface area contributed by atoms with Crippen LogP contribution in [0.25, 0.3) is 0 Å². The minimum absolute atomic E-state index is 0.00179. The normalized spacial score (nSPS) is 16.3. The molecule has 4 rings (SSSR count). The Balaban J connectivity index is 1.39. The highest BCUT2D eigenvalue weighted by Gasteiger charge is 2.27. The van der Waals surface area contributed by atoms with Crippen molar-refractivity contribution in [1.82, 2.24) is 9.80 Å². The topological polar surface area (TPSA) is 73.0 Å². The summed E-state index contributed by atoms with van der Waals surface area (Å²) in [5.74, 6) is 0.254. The molecule has 0 radical (unpaired) electrons. The number of amides is 3. The molecule has 2 aliphatic rings. The van der Waals surface area contributed by atoms with Gasteiger partial charge in [-0.25, -0.2) is 0 Å². The Morgan fingerprint density at radius 2 is 1.42 bits per heavy atom. The van der Waals surface area contributed by atoms with Gasteiger partial charge in [0.25, 0.3) is 11.8 Å². The molecule has 162 valence electrons. The molecule has 3 amide bonds. The molecule has 0 aliphatic carbocycles. The number of likely N-dealkylation sites (N-methyl/N-ethyl adjacent to an activating group) is 1. The second kappa shape index (κ2) is 8.41. The highest BCUT2D eigenvalue weighted by molar-refractivity contribution is 6.04. The van der Waals surface area contributed by atoms with E-state index >= 15 is 0 Å². The Morgan fingerprint density at radius 3 is 2.00 bits per heavy atom. The molecule has 2 aromatic carbocycles. The largest absolute Gasteiger partial charge is 0.364 e. The lowest BCUT2D eigenvalue weighted by Crippen LogP contribution is -2.50. The quantitative estimate of drug-likeness (QED) is 0.829. The molecule has 31 heavy (non-hydrogen) atoms. The summed E-state index contributed by atoms with van der Waals surface area (Å²) in [7, 11) is 1.85. The van der Waals surface area contributed by atoms with E-state index in [1.807, 2.05) is 42.3 Å². The lowest BCUT2D eigenvalue weighted by Gasteiger charge is -2.35. The summed E-state index contributed by atoms with van der Waals surface area (Å²) in [5, 5.41) is 2.84. The third-order valence-electron chi connectivity index (χ3n) is 5.99. The predicted octanol–water partition coefficient (Wildman–Crippen LogP) is 2.80. The fraction of sp³-hybridized carbons (Fsp3) is 0.375. The van der Waals surface area contributed by atoms with Crippen LogP contribution in [-0.4, -0.2) is 67.3 Å². The first-order valence-electron chi connectivity index (χ1n) is 10.7. The molecule has 7 nitrogen and oxygen atoms in total. The van der Waals surface area contributed by atoms with Gasteiger partial charge in [0.1, 0.15) is 0 Å². The molecule has 0 atom stereocenters. The Bertz CT molecular complexity index is 1010. The van der Waals surface area contributed by atoms with Gasteiger partial charge in [-0.1, -0.05) is 26.0 Å². The first kappa shape index (κ1) is 20.9. The zero-order valence-electron chi connectivity index (χ0n) is 18.2. The van der Waals surface area contributed by atoms with E-state index in [2.05, 4.69) is 19.2 Å². The van der Waals surface area contributed by atoms with Gasteiger partial charge >= 0.3 is 0 Å². The number of fused-ring (bicyclic) bond motifs is 1. The smallest absolute Gasteiger partial charge is 0.254 e. The van der Waals surface area contributed by atoms with Gasteiger partial charge in [0.2, 0.25) is 5.91 Å². The number of nitrogens with zero attached hydrogens (tertiary/aromatic N) is 3. The van der Waals surface area contributed by atoms with Crippen molar-refractivity contribution in [3.05, 3.63) is 59.2 Å². The first-order valence-corrected chi connectivity index (χ1v) is 10.7. The van der Waals surface area contributed by atoms with E-state index in [1.165, 1.54) is 5.56 Å². The molecule has 2 aliphatic heterocycles. The van der Waals surface area contributed by atoms with Crippen molar-refractivity contribution in [2.75, 3.05) is 50.0 Å². The number of hydrogen-bond donors (Lipinski definition) is 1. The molecular weight excluding hydrogens is 392 g/mol. The monoisotopic (exact) mass is 420 g/mol. The summed E-state index contributed by atoms with van der Waals surface area (Å²) in [5.41, 5.74) is 3.98. The zero-order valence-corrected chi connectivity index (χ0v) is 18.2. The number of carbonyl (C=O) groups excluding carboxylic acids is 3. The standard InChI is InChI=1S/C24H28N4O3/c1-16(2)17-4-6-18(7-5-17)23(30)27-10-12-28(13-11-27)24(31)19-8-9-21-20(14-19)25-22(29)15-26(21)3/h4-9,14,16H,10-13,15H2,1-3H3,(H,25,29). The van der Waals surface area contributed by atoms with Crippen molar-refractivity contribution in [1.29, 1.82) is 0 Å². The van der Waals surface area contributed by atoms with E-state index in [0.717, 1.165) is 5.69 Å². The van der Waals surface area contributed by atoms with Gasteiger partial charge in [-0.15, -0.1) is 0 Å². The summed E-state index contributed by atoms with van der Waals surface area (Å²) < 4.78 is 0. The fourth-order valence-corrected chi connectivity index (χ4v) is 4.08. The molecule has 0 bridgehead atoms. The summed E-state index contributed by atoms with van der Waals surface area (Å²) in [6.45, 7) is 6.53. The van der Waals surface area contributed by atoms with Crippen molar-refractivity contribution in [3.63, 3.8) is 0 Å². The number of benzene rings is 2. The molecule has 1 saturated heterocycles. The van der Waals surface area contributed by atoms with Gasteiger partial charge in [0.05, 0.1) is 17.9 Å². The molecule has 0 aromatic heterocycles. The maximum atomic E-state index is 13.0. The second-order valence-corrected chi connectivity index (χ2v) is 8.50. The van der Waals surface area contributed by atoms with Crippen molar-refractivity contribution >= 4 is 29.1 Å². The summed E-state index contributed by atoms with van der Waals surface area (Å²) >= 11 is 0. The first-order chi connectivity index (χ1) is 14.8. The summed E-state index contributed by atoms with van der Waals surface area (Å²) in [6.07, 6.45) is 0. The molecule has 0 unspecified atom stereocenters. The van der Waals surface area contributed by atoms with Gasteiger partial charge in [0, 0.05) is 44.4 Å². The molecule has 7 heteroatoms. The predicted molar refractivity (Wildman–Crippen MR) is 121 cm³/mol. The number of rotatable bonds is 3. The number of piperazine rings is 1. The number of nitrogens with one attached hydrogen (secondary N) is 1. The number of carbonyl (C=O) groups is 3. The van der Waals surface area contributed by atoms with Crippen LogP contribution in [-0.2, 0) is 4.79 Å². The number of anilines is 2. The van der Waals surface area contributed by atoms with E-state index in [-0.39, 0.29) is 17.7 Å². The summed E-state index contributed by atoms with van der Waals surface area (Å²) in [6, 6.07) is 13.2. The Labute approximate surface area is 182 Å². The Morgan fingerprint density at radius 1 is 0.871 bits per heavy atom. The van der Waals surface area contributed by atoms with Crippen LogP contribution in [0.3, 0.4) is 0 Å². The van der Waals surface area contributed by atoms with E-state index in [9.17, 15) is 14.4 Å². The van der Waals surface area contributed by atoms with E-state index in [0.29, 0.717) is 55.5 Å². The van der Waals surface area contributed by atoms with Crippen molar-refractivity contribution < 1.29 is 14.4 Å². The number of hydrogen-bond acceptors (Lipinski definition) is 4. The van der Waals surface area contributed by atoms with Gasteiger partial charge < -0.3 is 20.0 Å². The van der Waals surface area contributed by atoms with Crippen LogP contribution in [0, 0.1) is 0 Å². The van der Waals surface area contributed by atoms with Crippen LogP contribution in [0.2, 0.25) is 0 Å². The van der Waals surface area contributed by atoms with Crippen molar-refractivity contribution in [2.45, 2.75) is 19.8 Å². The third-order valence-corrected chi connectivity index (χ3v) is 5.99. The van der Waals surface area contributed by atoms with Gasteiger partial charge in [-0.3, -0.25) is 14.4 Å². The lowest BCUT2D eigenvalue weighted by atomic mass is 10.0. The van der Waals surface area contributed by atoms with Gasteiger partial charge in [-0.2, -0.15) is 0 Å². The molecule has 0 spiro atoms. The molecular formula is C24H28N4O3. The van der Waals surface area contributed by atoms with Crippen molar-refractivity contribution in [3.8, 4) is 0 Å². The molecule has 2 aromatic rings. The van der Waals surface area contributed by atoms with Crippen LogP contribution < -0.4 is 10.2 Å². The minimum atomic E-state index is -0.0897. The molecule has 2 heterocycles. The maximum absolute atomic E-state index is 13.0. The molecule has 1 N–H and O–H groups in total. The minimum Gasteiger partial charge on any atom is -0.364 e. The van der Waals surface area contributed by atoms with Crippen molar-refractivity contribution in [2.24, 2.45) is 0 Å². The van der Waals surface area contributed by atoms with Crippen LogP contribution >= 0.6 is 0 Å². The highest BCUT2D eigenvalue weighted by atomic mass is 16.2. The average molecular weight is 421 g/mol.